The van der Waals surface area contributed by atoms with E-state index in [0.29, 0.717) is 12.2 Å². The van der Waals surface area contributed by atoms with Gasteiger partial charge in [0.1, 0.15) is 5.69 Å². The van der Waals surface area contributed by atoms with Gasteiger partial charge in [-0.05, 0) is 28.9 Å². The van der Waals surface area contributed by atoms with Gasteiger partial charge >= 0.3 is 0 Å². The predicted molar refractivity (Wildman–Crippen MR) is 64.1 cm³/mol. The van der Waals surface area contributed by atoms with E-state index in [1.807, 2.05) is 6.92 Å². The third-order valence-electron chi connectivity index (χ3n) is 1.99. The fraction of sp³-hybridized carbons (Fsp3) is 0.400. The number of halogens is 1. The quantitative estimate of drug-likeness (QED) is 0.854. The van der Waals surface area contributed by atoms with Crippen LogP contribution in [0.3, 0.4) is 0 Å². The van der Waals surface area contributed by atoms with E-state index >= 15 is 0 Å². The van der Waals surface area contributed by atoms with Gasteiger partial charge in [0, 0.05) is 24.3 Å². The third kappa shape index (κ3) is 3.37. The van der Waals surface area contributed by atoms with Crippen LogP contribution in [-0.2, 0) is 11.8 Å². The minimum absolute atomic E-state index is 0.00449. The SMILES string of the molecule is CCNC(=O)CNC(=O)c1cc(Br)cn1C. The summed E-state index contributed by atoms with van der Waals surface area (Å²) in [5.74, 6) is -0.455. The number of rotatable bonds is 4. The van der Waals surface area contributed by atoms with Crippen molar-refractivity contribution in [3.63, 3.8) is 0 Å². The number of likely N-dealkylation sites (N-methyl/N-ethyl adjacent to an activating group) is 1. The molecule has 0 radical (unpaired) electrons. The maximum atomic E-state index is 11.7. The smallest absolute Gasteiger partial charge is 0.268 e. The van der Waals surface area contributed by atoms with Gasteiger partial charge in [-0.2, -0.15) is 0 Å². The fourth-order valence-corrected chi connectivity index (χ4v) is 1.78. The Morgan fingerprint density at radius 2 is 2.12 bits per heavy atom. The number of carbonyl (C=O) groups excluding carboxylic acids is 2. The van der Waals surface area contributed by atoms with Crippen molar-refractivity contribution >= 4 is 27.7 Å². The van der Waals surface area contributed by atoms with Crippen LogP contribution in [0.4, 0.5) is 0 Å². The molecule has 16 heavy (non-hydrogen) atoms. The molecule has 2 amide bonds. The number of nitrogens with one attached hydrogen (secondary N) is 2. The molecule has 88 valence electrons. The van der Waals surface area contributed by atoms with Crippen LogP contribution in [0.5, 0.6) is 0 Å². The molecule has 1 heterocycles. The van der Waals surface area contributed by atoms with Crippen LogP contribution in [-0.4, -0.2) is 29.5 Å². The molecule has 0 fully saturated rings. The summed E-state index contributed by atoms with van der Waals surface area (Å²) in [6, 6.07) is 1.70. The molecule has 0 aliphatic carbocycles. The molecule has 2 N–H and O–H groups in total. The lowest BCUT2D eigenvalue weighted by molar-refractivity contribution is -0.120. The number of carbonyl (C=O) groups is 2. The second kappa shape index (κ2) is 5.69. The molecule has 6 heteroatoms. The van der Waals surface area contributed by atoms with Gasteiger partial charge in [-0.3, -0.25) is 9.59 Å². The number of hydrogen-bond donors (Lipinski definition) is 2. The summed E-state index contributed by atoms with van der Waals surface area (Å²) in [5, 5.41) is 5.15. The maximum Gasteiger partial charge on any atom is 0.268 e. The number of amides is 2. The second-order valence-corrected chi connectivity index (χ2v) is 4.21. The normalized spacial score (nSPS) is 9.94. The first kappa shape index (κ1) is 12.8. The highest BCUT2D eigenvalue weighted by Crippen LogP contribution is 2.13. The van der Waals surface area contributed by atoms with Crippen molar-refractivity contribution in [1.82, 2.24) is 15.2 Å². The van der Waals surface area contributed by atoms with Crippen molar-refractivity contribution in [2.45, 2.75) is 6.92 Å². The highest BCUT2D eigenvalue weighted by atomic mass is 79.9. The Morgan fingerprint density at radius 1 is 1.44 bits per heavy atom. The third-order valence-corrected chi connectivity index (χ3v) is 2.42. The fourth-order valence-electron chi connectivity index (χ4n) is 1.26. The van der Waals surface area contributed by atoms with Gasteiger partial charge < -0.3 is 15.2 Å². The monoisotopic (exact) mass is 287 g/mol. The minimum Gasteiger partial charge on any atom is -0.355 e. The van der Waals surface area contributed by atoms with Crippen molar-refractivity contribution < 1.29 is 9.59 Å². The van der Waals surface area contributed by atoms with Crippen molar-refractivity contribution in [1.29, 1.82) is 0 Å². The lowest BCUT2D eigenvalue weighted by Crippen LogP contribution is -2.37. The lowest BCUT2D eigenvalue weighted by Gasteiger charge is -2.05. The molecular formula is C10H14BrN3O2. The van der Waals surface area contributed by atoms with Crippen LogP contribution in [0.25, 0.3) is 0 Å². The largest absolute Gasteiger partial charge is 0.355 e. The molecule has 0 spiro atoms. The molecule has 1 rings (SSSR count). The van der Waals surface area contributed by atoms with E-state index in [2.05, 4.69) is 26.6 Å². The van der Waals surface area contributed by atoms with Crippen LogP contribution in [0.1, 0.15) is 17.4 Å². The van der Waals surface area contributed by atoms with Gasteiger partial charge in [0.05, 0.1) is 6.54 Å². The zero-order valence-corrected chi connectivity index (χ0v) is 10.8. The number of nitrogens with zero attached hydrogens (tertiary/aromatic N) is 1. The first-order valence-electron chi connectivity index (χ1n) is 4.91. The van der Waals surface area contributed by atoms with Crippen molar-refractivity contribution in [2.24, 2.45) is 7.05 Å². The molecule has 0 atom stereocenters. The maximum absolute atomic E-state index is 11.7. The topological polar surface area (TPSA) is 63.1 Å². The lowest BCUT2D eigenvalue weighted by atomic mass is 10.4. The van der Waals surface area contributed by atoms with Crippen molar-refractivity contribution in [3.8, 4) is 0 Å². The molecule has 0 aliphatic heterocycles. The second-order valence-electron chi connectivity index (χ2n) is 3.29. The Hall–Kier alpha value is -1.30. The van der Waals surface area contributed by atoms with Gasteiger partial charge in [-0.25, -0.2) is 0 Å². The molecular weight excluding hydrogens is 274 g/mol. The van der Waals surface area contributed by atoms with Gasteiger partial charge in [0.25, 0.3) is 5.91 Å². The van der Waals surface area contributed by atoms with Crippen LogP contribution in [0.2, 0.25) is 0 Å². The summed E-state index contributed by atoms with van der Waals surface area (Å²) < 4.78 is 2.52. The summed E-state index contributed by atoms with van der Waals surface area (Å²) in [7, 11) is 1.77. The van der Waals surface area contributed by atoms with Gasteiger partial charge in [0.2, 0.25) is 5.91 Å². The van der Waals surface area contributed by atoms with E-state index in [4.69, 9.17) is 0 Å². The zero-order valence-electron chi connectivity index (χ0n) is 9.21. The molecule has 0 saturated heterocycles. The summed E-state index contributed by atoms with van der Waals surface area (Å²) >= 11 is 3.28. The minimum atomic E-state index is -0.264. The molecule has 1 aromatic rings. The van der Waals surface area contributed by atoms with E-state index in [9.17, 15) is 9.59 Å². The molecule has 5 nitrogen and oxygen atoms in total. The van der Waals surface area contributed by atoms with Crippen molar-refractivity contribution in [2.75, 3.05) is 13.1 Å². The van der Waals surface area contributed by atoms with Gasteiger partial charge in [-0.15, -0.1) is 0 Å². The van der Waals surface area contributed by atoms with Crippen molar-refractivity contribution in [3.05, 3.63) is 22.4 Å². The average molecular weight is 288 g/mol. The Kier molecular flexibility index (Phi) is 4.54. The first-order valence-corrected chi connectivity index (χ1v) is 5.70. The molecule has 0 aliphatic rings. The van der Waals surface area contributed by atoms with Crippen LogP contribution in [0.15, 0.2) is 16.7 Å². The van der Waals surface area contributed by atoms with Gasteiger partial charge in [0.15, 0.2) is 0 Å². The first-order chi connectivity index (χ1) is 7.54. The van der Waals surface area contributed by atoms with E-state index in [1.165, 1.54) is 0 Å². The predicted octanol–water partition coefficient (Wildman–Crippen LogP) is 0.653. The van der Waals surface area contributed by atoms with Crippen LogP contribution < -0.4 is 10.6 Å². The number of aryl methyl sites for hydroxylation is 1. The number of aromatic nitrogens is 1. The molecule has 1 aromatic heterocycles. The number of hydrogen-bond acceptors (Lipinski definition) is 2. The van der Waals surface area contributed by atoms with E-state index < -0.39 is 0 Å². The summed E-state index contributed by atoms with van der Waals surface area (Å²) in [4.78, 5) is 22.8. The summed E-state index contributed by atoms with van der Waals surface area (Å²) in [6.45, 7) is 2.38. The highest BCUT2D eigenvalue weighted by molar-refractivity contribution is 9.10. The highest BCUT2D eigenvalue weighted by Gasteiger charge is 2.11. The Labute approximate surface area is 102 Å². The van der Waals surface area contributed by atoms with E-state index in [0.717, 1.165) is 4.47 Å². The summed E-state index contributed by atoms with van der Waals surface area (Å²) in [5.41, 5.74) is 0.510. The molecule has 0 saturated carbocycles. The van der Waals surface area contributed by atoms with E-state index in [-0.39, 0.29) is 18.4 Å². The van der Waals surface area contributed by atoms with Crippen LogP contribution in [0, 0.1) is 0 Å². The summed E-state index contributed by atoms with van der Waals surface area (Å²) in [6.07, 6.45) is 1.78. The molecule has 0 aromatic carbocycles. The van der Waals surface area contributed by atoms with Crippen LogP contribution >= 0.6 is 15.9 Å². The molecule has 0 bridgehead atoms. The standard InChI is InChI=1S/C10H14BrN3O2/c1-3-12-9(15)5-13-10(16)8-4-7(11)6-14(8)2/h4,6H,3,5H2,1-2H3,(H,12,15)(H,13,16). The van der Waals surface area contributed by atoms with E-state index in [1.54, 1.807) is 23.9 Å². The average Bonchev–Trinajstić information content (AvgIpc) is 2.55. The molecule has 0 unspecified atom stereocenters. The zero-order chi connectivity index (χ0) is 12.1. The Bertz CT molecular complexity index is 401. The Morgan fingerprint density at radius 3 is 2.62 bits per heavy atom. The Balaban J connectivity index is 2.53. The van der Waals surface area contributed by atoms with Gasteiger partial charge in [-0.1, -0.05) is 0 Å².